The monoisotopic (exact) mass is 174 g/mol. The molecule has 0 radical (unpaired) electrons. The van der Waals surface area contributed by atoms with Crippen LogP contribution in [-0.2, 0) is 0 Å². The predicted octanol–water partition coefficient (Wildman–Crippen LogP) is 1.90. The molecule has 2 heteroatoms. The lowest BCUT2D eigenvalue weighted by atomic mass is 10.0. The summed E-state index contributed by atoms with van der Waals surface area (Å²) < 4.78 is 0. The Morgan fingerprint density at radius 2 is 2.08 bits per heavy atom. The molecule has 0 amide bonds. The molecule has 0 saturated carbocycles. The van der Waals surface area contributed by atoms with E-state index in [2.05, 4.69) is 11.4 Å². The lowest BCUT2D eigenvalue weighted by Crippen LogP contribution is -2.20. The number of nitriles is 1. The molecule has 0 aliphatic carbocycles. The van der Waals surface area contributed by atoms with Crippen LogP contribution >= 0.6 is 0 Å². The van der Waals surface area contributed by atoms with Gasteiger partial charge in [0.25, 0.3) is 0 Å². The Bertz CT molecular complexity index is 274. The quantitative estimate of drug-likeness (QED) is 0.756. The van der Waals surface area contributed by atoms with Crippen molar-refractivity contribution in [3.63, 3.8) is 0 Å². The minimum absolute atomic E-state index is 0.0267. The summed E-state index contributed by atoms with van der Waals surface area (Å²) in [7, 11) is 0. The number of hydrogen-bond donors (Lipinski definition) is 1. The van der Waals surface area contributed by atoms with Crippen LogP contribution < -0.4 is 5.32 Å². The van der Waals surface area contributed by atoms with Crippen molar-refractivity contribution in [2.45, 2.75) is 12.8 Å². The largest absolute Gasteiger partial charge is 0.315 e. The molecule has 0 aliphatic rings. The molecule has 0 spiro atoms. The van der Waals surface area contributed by atoms with Gasteiger partial charge in [-0.3, -0.25) is 0 Å². The van der Waals surface area contributed by atoms with E-state index in [9.17, 15) is 0 Å². The molecule has 1 rings (SSSR count). The Morgan fingerprint density at radius 3 is 2.62 bits per heavy atom. The number of benzene rings is 1. The maximum Gasteiger partial charge on any atom is 0.0837 e. The molecular weight excluding hydrogens is 160 g/mol. The van der Waals surface area contributed by atoms with Gasteiger partial charge in [-0.05, 0) is 12.1 Å². The average Bonchev–Trinajstić information content (AvgIpc) is 2.21. The summed E-state index contributed by atoms with van der Waals surface area (Å²) in [4.78, 5) is 0. The highest BCUT2D eigenvalue weighted by molar-refractivity contribution is 5.24. The second-order valence-corrected chi connectivity index (χ2v) is 2.90. The van der Waals surface area contributed by atoms with Gasteiger partial charge in [0.2, 0.25) is 0 Å². The molecule has 1 atom stereocenters. The van der Waals surface area contributed by atoms with Crippen molar-refractivity contribution in [1.82, 2.24) is 5.32 Å². The highest BCUT2D eigenvalue weighted by Gasteiger charge is 2.07. The van der Waals surface area contributed by atoms with E-state index < -0.39 is 0 Å². The normalized spacial score (nSPS) is 12.0. The number of rotatable bonds is 4. The second-order valence-electron chi connectivity index (χ2n) is 2.90. The van der Waals surface area contributed by atoms with Gasteiger partial charge in [0.05, 0.1) is 12.0 Å². The SMILES string of the molecule is CCNCC(C#N)c1ccccc1. The number of likely N-dealkylation sites (N-methyl/N-ethyl adjacent to an activating group) is 1. The van der Waals surface area contributed by atoms with Crippen LogP contribution in [0.15, 0.2) is 30.3 Å². The van der Waals surface area contributed by atoms with Gasteiger partial charge in [0.1, 0.15) is 0 Å². The Balaban J connectivity index is 2.63. The molecule has 2 nitrogen and oxygen atoms in total. The lowest BCUT2D eigenvalue weighted by molar-refractivity contribution is 0.677. The van der Waals surface area contributed by atoms with E-state index in [0.29, 0.717) is 0 Å². The zero-order chi connectivity index (χ0) is 9.52. The maximum atomic E-state index is 8.92. The van der Waals surface area contributed by atoms with Crippen molar-refractivity contribution in [3.8, 4) is 6.07 Å². The Labute approximate surface area is 79.2 Å². The zero-order valence-electron chi connectivity index (χ0n) is 7.83. The molecular formula is C11H14N2. The molecule has 0 fully saturated rings. The van der Waals surface area contributed by atoms with Crippen LogP contribution in [0.25, 0.3) is 0 Å². The number of nitrogens with zero attached hydrogens (tertiary/aromatic N) is 1. The summed E-state index contributed by atoms with van der Waals surface area (Å²) in [6.07, 6.45) is 0. The molecule has 1 unspecified atom stereocenters. The van der Waals surface area contributed by atoms with Gasteiger partial charge in [-0.25, -0.2) is 0 Å². The third-order valence-corrected chi connectivity index (χ3v) is 1.96. The van der Waals surface area contributed by atoms with Crippen molar-refractivity contribution in [2.24, 2.45) is 0 Å². The van der Waals surface area contributed by atoms with Crippen LogP contribution in [-0.4, -0.2) is 13.1 Å². The molecule has 0 saturated heterocycles. The fourth-order valence-electron chi connectivity index (χ4n) is 1.21. The second kappa shape index (κ2) is 5.34. The zero-order valence-corrected chi connectivity index (χ0v) is 7.83. The Kier molecular flexibility index (Phi) is 4.01. The van der Waals surface area contributed by atoms with E-state index >= 15 is 0 Å². The highest BCUT2D eigenvalue weighted by atomic mass is 14.8. The molecule has 0 bridgehead atoms. The number of hydrogen-bond acceptors (Lipinski definition) is 2. The van der Waals surface area contributed by atoms with E-state index in [-0.39, 0.29) is 5.92 Å². The topological polar surface area (TPSA) is 35.8 Å². The van der Waals surface area contributed by atoms with Gasteiger partial charge in [-0.15, -0.1) is 0 Å². The summed E-state index contributed by atoms with van der Waals surface area (Å²) in [5.74, 6) is -0.0267. The van der Waals surface area contributed by atoms with Gasteiger partial charge < -0.3 is 5.32 Å². The number of nitrogens with one attached hydrogen (secondary N) is 1. The predicted molar refractivity (Wildman–Crippen MR) is 53.3 cm³/mol. The first-order valence-corrected chi connectivity index (χ1v) is 4.53. The van der Waals surface area contributed by atoms with Gasteiger partial charge in [0, 0.05) is 6.54 Å². The maximum absolute atomic E-state index is 8.92. The minimum Gasteiger partial charge on any atom is -0.315 e. The molecule has 0 heterocycles. The summed E-state index contributed by atoms with van der Waals surface area (Å²) in [5, 5.41) is 12.1. The van der Waals surface area contributed by atoms with Crippen molar-refractivity contribution in [2.75, 3.05) is 13.1 Å². The summed E-state index contributed by atoms with van der Waals surface area (Å²) in [5.41, 5.74) is 1.09. The van der Waals surface area contributed by atoms with Gasteiger partial charge in [-0.2, -0.15) is 5.26 Å². The first kappa shape index (κ1) is 9.76. The molecule has 0 aliphatic heterocycles. The van der Waals surface area contributed by atoms with Crippen LogP contribution in [0.3, 0.4) is 0 Å². The minimum atomic E-state index is -0.0267. The van der Waals surface area contributed by atoms with Crippen LogP contribution in [0.2, 0.25) is 0 Å². The van der Waals surface area contributed by atoms with Crippen molar-refractivity contribution in [3.05, 3.63) is 35.9 Å². The first-order chi connectivity index (χ1) is 6.38. The first-order valence-electron chi connectivity index (χ1n) is 4.53. The standard InChI is InChI=1S/C11H14N2/c1-2-13-9-11(8-12)10-6-4-3-5-7-10/h3-7,11,13H,2,9H2,1H3. The van der Waals surface area contributed by atoms with Crippen molar-refractivity contribution >= 4 is 0 Å². The van der Waals surface area contributed by atoms with E-state index in [4.69, 9.17) is 5.26 Å². The van der Waals surface area contributed by atoms with E-state index in [0.717, 1.165) is 18.7 Å². The summed E-state index contributed by atoms with van der Waals surface area (Å²) in [6, 6.07) is 12.2. The van der Waals surface area contributed by atoms with E-state index in [1.165, 1.54) is 0 Å². The van der Waals surface area contributed by atoms with Gasteiger partial charge in [-0.1, -0.05) is 37.3 Å². The summed E-state index contributed by atoms with van der Waals surface area (Å²) >= 11 is 0. The lowest BCUT2D eigenvalue weighted by Gasteiger charge is -2.08. The highest BCUT2D eigenvalue weighted by Crippen LogP contribution is 2.12. The third-order valence-electron chi connectivity index (χ3n) is 1.96. The van der Waals surface area contributed by atoms with Crippen molar-refractivity contribution < 1.29 is 0 Å². The van der Waals surface area contributed by atoms with Crippen molar-refractivity contribution in [1.29, 1.82) is 5.26 Å². The third kappa shape index (κ3) is 2.89. The van der Waals surface area contributed by atoms with Crippen LogP contribution in [0, 0.1) is 11.3 Å². The van der Waals surface area contributed by atoms with Gasteiger partial charge >= 0.3 is 0 Å². The van der Waals surface area contributed by atoms with E-state index in [1.54, 1.807) is 0 Å². The summed E-state index contributed by atoms with van der Waals surface area (Å²) in [6.45, 7) is 3.68. The molecule has 0 aromatic heterocycles. The molecule has 13 heavy (non-hydrogen) atoms. The average molecular weight is 174 g/mol. The Morgan fingerprint density at radius 1 is 1.38 bits per heavy atom. The molecule has 1 aromatic rings. The molecule has 1 aromatic carbocycles. The van der Waals surface area contributed by atoms with Crippen LogP contribution in [0.5, 0.6) is 0 Å². The molecule has 1 N–H and O–H groups in total. The van der Waals surface area contributed by atoms with Gasteiger partial charge in [0.15, 0.2) is 0 Å². The van der Waals surface area contributed by atoms with E-state index in [1.807, 2.05) is 37.3 Å². The fourth-order valence-corrected chi connectivity index (χ4v) is 1.21. The van der Waals surface area contributed by atoms with Crippen LogP contribution in [0.4, 0.5) is 0 Å². The smallest absolute Gasteiger partial charge is 0.0837 e. The molecule has 68 valence electrons. The Hall–Kier alpha value is -1.33. The van der Waals surface area contributed by atoms with Crippen LogP contribution in [0.1, 0.15) is 18.4 Å². The fraction of sp³-hybridized carbons (Fsp3) is 0.364.